The van der Waals surface area contributed by atoms with E-state index in [9.17, 15) is 13.2 Å². The molecule has 4 nitrogen and oxygen atoms in total. The maximum atomic E-state index is 11.7. The summed E-state index contributed by atoms with van der Waals surface area (Å²) in [6, 6.07) is 0. The lowest BCUT2D eigenvalue weighted by atomic mass is 9.81. The molecule has 0 aromatic rings. The van der Waals surface area contributed by atoms with Crippen molar-refractivity contribution in [3.8, 4) is 0 Å². The van der Waals surface area contributed by atoms with E-state index in [0.29, 0.717) is 18.6 Å². The predicted molar refractivity (Wildman–Crippen MR) is 48.0 cm³/mol. The van der Waals surface area contributed by atoms with E-state index in [1.807, 2.05) is 6.92 Å². The second-order valence-corrected chi connectivity index (χ2v) is 6.61. The molecule has 0 N–H and O–H groups in total. The molecule has 78 valence electrons. The molecule has 0 aromatic carbocycles. The highest BCUT2D eigenvalue weighted by molar-refractivity contribution is 7.89. The van der Waals surface area contributed by atoms with Crippen molar-refractivity contribution in [2.24, 2.45) is 17.8 Å². The Morgan fingerprint density at radius 2 is 2.21 bits per heavy atom. The van der Waals surface area contributed by atoms with Crippen LogP contribution in [-0.4, -0.2) is 25.6 Å². The molecule has 0 spiro atoms. The number of rotatable bonds is 1. The van der Waals surface area contributed by atoms with Gasteiger partial charge in [-0.05, 0) is 24.7 Å². The monoisotopic (exact) mass is 216 g/mol. The van der Waals surface area contributed by atoms with Crippen molar-refractivity contribution in [1.82, 2.24) is 0 Å². The fraction of sp³-hybridized carbons (Fsp3) is 0.889. The highest BCUT2D eigenvalue weighted by Crippen LogP contribution is 2.62. The van der Waals surface area contributed by atoms with E-state index < -0.39 is 14.9 Å². The molecular weight excluding hydrogens is 204 g/mol. The Morgan fingerprint density at radius 3 is 2.79 bits per heavy atom. The van der Waals surface area contributed by atoms with Crippen molar-refractivity contribution in [2.45, 2.75) is 30.6 Å². The van der Waals surface area contributed by atoms with Gasteiger partial charge in [-0.25, -0.2) is 0 Å². The molecule has 5 atom stereocenters. The zero-order chi connectivity index (χ0) is 10.1. The minimum absolute atomic E-state index is 0.0787. The molecule has 2 aliphatic carbocycles. The van der Waals surface area contributed by atoms with Crippen LogP contribution in [-0.2, 0) is 19.1 Å². The van der Waals surface area contributed by atoms with Gasteiger partial charge in [-0.1, -0.05) is 6.92 Å². The van der Waals surface area contributed by atoms with E-state index in [1.165, 1.54) is 0 Å². The van der Waals surface area contributed by atoms with Crippen LogP contribution in [0.2, 0.25) is 0 Å². The van der Waals surface area contributed by atoms with Gasteiger partial charge in [0.1, 0.15) is 6.29 Å². The van der Waals surface area contributed by atoms with Crippen LogP contribution in [0, 0.1) is 17.8 Å². The van der Waals surface area contributed by atoms with Gasteiger partial charge in [0.25, 0.3) is 10.1 Å². The summed E-state index contributed by atoms with van der Waals surface area (Å²) in [5.74, 6) is 0.558. The largest absolute Gasteiger partial charge is 0.302 e. The van der Waals surface area contributed by atoms with Gasteiger partial charge in [0, 0.05) is 5.92 Å². The third-order valence-corrected chi connectivity index (χ3v) is 6.30. The zero-order valence-electron chi connectivity index (χ0n) is 7.84. The molecule has 2 saturated carbocycles. The summed E-state index contributed by atoms with van der Waals surface area (Å²) in [7, 11) is -3.64. The van der Waals surface area contributed by atoms with Gasteiger partial charge in [0.2, 0.25) is 0 Å². The van der Waals surface area contributed by atoms with Crippen LogP contribution >= 0.6 is 0 Å². The summed E-state index contributed by atoms with van der Waals surface area (Å²) < 4.78 is 27.3. The van der Waals surface area contributed by atoms with Gasteiger partial charge in [0.15, 0.2) is 4.75 Å². The van der Waals surface area contributed by atoms with Crippen LogP contribution < -0.4 is 0 Å². The average Bonchev–Trinajstić information content (AvgIpc) is 2.67. The summed E-state index contributed by atoms with van der Waals surface area (Å²) in [4.78, 5) is 11.0. The molecule has 5 unspecified atom stereocenters. The molecule has 3 fully saturated rings. The Balaban J connectivity index is 2.21. The third-order valence-electron chi connectivity index (χ3n) is 4.33. The summed E-state index contributed by atoms with van der Waals surface area (Å²) >= 11 is 0. The molecular formula is C9H12O4S. The first-order valence-electron chi connectivity index (χ1n) is 4.91. The number of carbonyl (C=O) groups excluding carboxylic acids is 1. The molecule has 14 heavy (non-hydrogen) atoms. The van der Waals surface area contributed by atoms with E-state index in [1.54, 1.807) is 0 Å². The molecule has 2 bridgehead atoms. The van der Waals surface area contributed by atoms with E-state index >= 15 is 0 Å². The van der Waals surface area contributed by atoms with Gasteiger partial charge in [-0.2, -0.15) is 8.42 Å². The summed E-state index contributed by atoms with van der Waals surface area (Å²) in [5, 5.41) is 0. The number of hydrogen-bond acceptors (Lipinski definition) is 4. The molecule has 1 saturated heterocycles. The summed E-state index contributed by atoms with van der Waals surface area (Å²) in [5.41, 5.74) is 0. The van der Waals surface area contributed by atoms with Gasteiger partial charge in [0.05, 0.1) is 6.10 Å². The van der Waals surface area contributed by atoms with E-state index in [0.717, 1.165) is 6.42 Å². The Kier molecular flexibility index (Phi) is 1.40. The highest BCUT2D eigenvalue weighted by atomic mass is 32.2. The highest BCUT2D eigenvalue weighted by Gasteiger charge is 2.72. The standard InChI is InChI=1S/C9H12O4S/c1-5-6-2-7-8(5)13-14(11,12)9(7,3-6)4-10/h4-8H,2-3H2,1H3. The lowest BCUT2D eigenvalue weighted by molar-refractivity contribution is -0.111. The van der Waals surface area contributed by atoms with E-state index in [2.05, 4.69) is 0 Å². The Labute approximate surface area is 82.8 Å². The van der Waals surface area contributed by atoms with Crippen molar-refractivity contribution in [2.75, 3.05) is 0 Å². The molecule has 5 heteroatoms. The lowest BCUT2D eigenvalue weighted by Crippen LogP contribution is -2.42. The SMILES string of the molecule is CC1C2CC3C1OS(=O)(=O)C3(C=O)C2. The van der Waals surface area contributed by atoms with Crippen molar-refractivity contribution in [3.63, 3.8) is 0 Å². The van der Waals surface area contributed by atoms with Crippen molar-refractivity contribution in [3.05, 3.63) is 0 Å². The van der Waals surface area contributed by atoms with Crippen LogP contribution in [0.15, 0.2) is 0 Å². The quantitative estimate of drug-likeness (QED) is 0.468. The Morgan fingerprint density at radius 1 is 1.50 bits per heavy atom. The molecule has 0 aromatic heterocycles. The average molecular weight is 216 g/mol. The molecule has 3 aliphatic rings. The number of hydrogen-bond donors (Lipinski definition) is 0. The van der Waals surface area contributed by atoms with Crippen LogP contribution in [0.5, 0.6) is 0 Å². The fourth-order valence-corrected chi connectivity index (χ4v) is 5.41. The second-order valence-electron chi connectivity index (χ2n) is 4.75. The Bertz CT molecular complexity index is 401. The first-order valence-corrected chi connectivity index (χ1v) is 6.32. The third kappa shape index (κ3) is 0.683. The van der Waals surface area contributed by atoms with E-state index in [4.69, 9.17) is 4.18 Å². The van der Waals surface area contributed by atoms with Crippen LogP contribution in [0.3, 0.4) is 0 Å². The summed E-state index contributed by atoms with van der Waals surface area (Å²) in [6.45, 7) is 2.02. The van der Waals surface area contributed by atoms with Crippen molar-refractivity contribution < 1.29 is 17.4 Å². The maximum absolute atomic E-state index is 11.7. The first-order chi connectivity index (χ1) is 6.52. The van der Waals surface area contributed by atoms with Gasteiger partial charge in [-0.15, -0.1) is 0 Å². The van der Waals surface area contributed by atoms with Crippen molar-refractivity contribution in [1.29, 1.82) is 0 Å². The first kappa shape index (κ1) is 8.85. The molecule has 1 heterocycles. The summed E-state index contributed by atoms with van der Waals surface area (Å²) in [6.07, 6.45) is 1.69. The van der Waals surface area contributed by atoms with Gasteiger partial charge >= 0.3 is 0 Å². The smallest absolute Gasteiger partial charge is 0.280 e. The zero-order valence-corrected chi connectivity index (χ0v) is 8.66. The normalized spacial score (nSPS) is 57.8. The van der Waals surface area contributed by atoms with Gasteiger partial charge < -0.3 is 4.79 Å². The minimum Gasteiger partial charge on any atom is -0.302 e. The van der Waals surface area contributed by atoms with Crippen LogP contribution in [0.1, 0.15) is 19.8 Å². The Hall–Kier alpha value is -0.420. The van der Waals surface area contributed by atoms with Crippen LogP contribution in [0.4, 0.5) is 0 Å². The number of fused-ring (bicyclic) bond motifs is 1. The predicted octanol–water partition coefficient (Wildman–Crippen LogP) is 0.329. The van der Waals surface area contributed by atoms with Crippen molar-refractivity contribution >= 4 is 16.4 Å². The minimum atomic E-state index is -3.64. The van der Waals surface area contributed by atoms with Crippen LogP contribution in [0.25, 0.3) is 0 Å². The van der Waals surface area contributed by atoms with Gasteiger partial charge in [-0.3, -0.25) is 4.18 Å². The topological polar surface area (TPSA) is 60.4 Å². The number of carbonyl (C=O) groups is 1. The molecule has 3 rings (SSSR count). The maximum Gasteiger partial charge on any atom is 0.280 e. The molecule has 0 radical (unpaired) electrons. The lowest BCUT2D eigenvalue weighted by Gasteiger charge is -2.25. The van der Waals surface area contributed by atoms with E-state index in [-0.39, 0.29) is 17.9 Å². The second kappa shape index (κ2) is 2.22. The molecule has 0 amide bonds. The fourth-order valence-electron chi connectivity index (χ4n) is 3.49. The number of aldehydes is 1. The molecule has 1 aliphatic heterocycles.